The molecule has 1 aliphatic rings. The Morgan fingerprint density at radius 1 is 0.833 bits per heavy atom. The van der Waals surface area contributed by atoms with Crippen molar-refractivity contribution in [3.05, 3.63) is 77.6 Å². The smallest absolute Gasteiger partial charge is 0.0986 e. The molecule has 0 radical (unpaired) electrons. The summed E-state index contributed by atoms with van der Waals surface area (Å²) >= 11 is 0. The van der Waals surface area contributed by atoms with Gasteiger partial charge in [0.05, 0.1) is 22.4 Å². The molecule has 0 unspecified atom stereocenters. The van der Waals surface area contributed by atoms with E-state index in [1.807, 2.05) is 24.5 Å². The highest BCUT2D eigenvalue weighted by Gasteiger charge is 2.22. The molecule has 3 heterocycles. The summed E-state index contributed by atoms with van der Waals surface area (Å²) in [6.45, 7) is 2.12. The number of rotatable bonds is 1. The molecule has 2 aromatic carbocycles. The fourth-order valence-corrected chi connectivity index (χ4v) is 3.55. The number of aliphatic imine (C=N–C) groups is 1. The minimum Gasteiger partial charge on any atom is -0.254 e. The van der Waals surface area contributed by atoms with Crippen LogP contribution in [0.2, 0.25) is 0 Å². The zero-order chi connectivity index (χ0) is 16.1. The SMILES string of the molecule is Cc1cccc(C2=Nc3c(c4cccnc4c4ncccc34)C2)c1. The fraction of sp³-hybridized carbons (Fsp3) is 0.0952. The first-order chi connectivity index (χ1) is 11.8. The van der Waals surface area contributed by atoms with Gasteiger partial charge in [0.25, 0.3) is 0 Å². The maximum absolute atomic E-state index is 4.99. The molecule has 2 aromatic heterocycles. The van der Waals surface area contributed by atoms with Crippen LogP contribution in [-0.4, -0.2) is 15.7 Å². The highest BCUT2D eigenvalue weighted by atomic mass is 14.8. The Morgan fingerprint density at radius 3 is 2.38 bits per heavy atom. The second-order valence-electron chi connectivity index (χ2n) is 6.23. The van der Waals surface area contributed by atoms with Gasteiger partial charge in [0.1, 0.15) is 0 Å². The van der Waals surface area contributed by atoms with Crippen molar-refractivity contribution in [2.24, 2.45) is 4.99 Å². The minimum absolute atomic E-state index is 0.839. The normalized spacial score (nSPS) is 13.3. The van der Waals surface area contributed by atoms with Crippen LogP contribution in [0.5, 0.6) is 0 Å². The van der Waals surface area contributed by atoms with E-state index in [0.717, 1.165) is 39.6 Å². The van der Waals surface area contributed by atoms with E-state index in [1.54, 1.807) is 0 Å². The number of nitrogens with zero attached hydrogens (tertiary/aromatic N) is 3. The Balaban J connectivity index is 1.82. The number of fused-ring (bicyclic) bond motifs is 6. The third-order valence-corrected chi connectivity index (χ3v) is 4.65. The van der Waals surface area contributed by atoms with Gasteiger partial charge < -0.3 is 0 Å². The zero-order valence-corrected chi connectivity index (χ0v) is 13.3. The highest BCUT2D eigenvalue weighted by Crippen LogP contribution is 2.40. The highest BCUT2D eigenvalue weighted by molar-refractivity contribution is 6.18. The summed E-state index contributed by atoms with van der Waals surface area (Å²) in [5.41, 5.74) is 7.78. The maximum atomic E-state index is 4.99. The largest absolute Gasteiger partial charge is 0.254 e. The number of benzene rings is 2. The first-order valence-corrected chi connectivity index (χ1v) is 8.10. The molecule has 0 atom stereocenters. The Hall–Kier alpha value is -3.07. The van der Waals surface area contributed by atoms with E-state index in [0.29, 0.717) is 0 Å². The standard InChI is InChI=1S/C21H15N3/c1-13-5-2-6-14(11-13)18-12-17-15-7-3-9-22-20(15)21-16(19(17)24-18)8-4-10-23-21/h2-11H,12H2,1H3. The van der Waals surface area contributed by atoms with Gasteiger partial charge in [0.2, 0.25) is 0 Å². The molecule has 24 heavy (non-hydrogen) atoms. The maximum Gasteiger partial charge on any atom is 0.0986 e. The van der Waals surface area contributed by atoms with E-state index in [2.05, 4.69) is 53.3 Å². The van der Waals surface area contributed by atoms with Gasteiger partial charge in [-0.15, -0.1) is 0 Å². The van der Waals surface area contributed by atoms with Crippen LogP contribution in [-0.2, 0) is 6.42 Å². The molecule has 4 aromatic rings. The molecule has 0 amide bonds. The van der Waals surface area contributed by atoms with Crippen molar-refractivity contribution in [3.63, 3.8) is 0 Å². The fourth-order valence-electron chi connectivity index (χ4n) is 3.55. The van der Waals surface area contributed by atoms with E-state index in [9.17, 15) is 0 Å². The van der Waals surface area contributed by atoms with Crippen molar-refractivity contribution < 1.29 is 0 Å². The van der Waals surface area contributed by atoms with E-state index < -0.39 is 0 Å². The average Bonchev–Trinajstić information content (AvgIpc) is 3.08. The topological polar surface area (TPSA) is 38.1 Å². The summed E-state index contributed by atoms with van der Waals surface area (Å²) in [5, 5.41) is 2.24. The van der Waals surface area contributed by atoms with E-state index in [4.69, 9.17) is 4.99 Å². The van der Waals surface area contributed by atoms with Gasteiger partial charge in [-0.1, -0.05) is 35.9 Å². The molecule has 0 aliphatic carbocycles. The van der Waals surface area contributed by atoms with Crippen molar-refractivity contribution in [2.75, 3.05) is 0 Å². The van der Waals surface area contributed by atoms with Crippen molar-refractivity contribution >= 4 is 33.2 Å². The van der Waals surface area contributed by atoms with Gasteiger partial charge in [-0.05, 0) is 36.2 Å². The number of hydrogen-bond donors (Lipinski definition) is 0. The lowest BCUT2D eigenvalue weighted by molar-refractivity contribution is 1.35. The number of pyridine rings is 2. The Morgan fingerprint density at radius 2 is 1.58 bits per heavy atom. The van der Waals surface area contributed by atoms with E-state index >= 15 is 0 Å². The van der Waals surface area contributed by atoms with Gasteiger partial charge in [-0.3, -0.25) is 15.0 Å². The molecule has 0 fully saturated rings. The third-order valence-electron chi connectivity index (χ3n) is 4.65. The Kier molecular flexibility index (Phi) is 2.77. The van der Waals surface area contributed by atoms with E-state index in [-0.39, 0.29) is 0 Å². The second kappa shape index (κ2) is 4.96. The second-order valence-corrected chi connectivity index (χ2v) is 6.23. The van der Waals surface area contributed by atoms with Gasteiger partial charge in [-0.2, -0.15) is 0 Å². The molecule has 0 N–H and O–H groups in total. The zero-order valence-electron chi connectivity index (χ0n) is 13.3. The molecular weight excluding hydrogens is 294 g/mol. The molecule has 5 rings (SSSR count). The molecule has 114 valence electrons. The van der Waals surface area contributed by atoms with Crippen LogP contribution >= 0.6 is 0 Å². The Bertz CT molecular complexity index is 1140. The summed E-state index contributed by atoms with van der Waals surface area (Å²) in [6, 6.07) is 16.7. The molecule has 3 nitrogen and oxygen atoms in total. The number of aryl methyl sites for hydroxylation is 1. The summed E-state index contributed by atoms with van der Waals surface area (Å²) in [6.07, 6.45) is 4.49. The summed E-state index contributed by atoms with van der Waals surface area (Å²) in [7, 11) is 0. The molecule has 0 spiro atoms. The lowest BCUT2D eigenvalue weighted by Crippen LogP contribution is -2.01. The van der Waals surface area contributed by atoms with Gasteiger partial charge in [-0.25, -0.2) is 0 Å². The van der Waals surface area contributed by atoms with Crippen molar-refractivity contribution in [3.8, 4) is 0 Å². The average molecular weight is 309 g/mol. The number of hydrogen-bond acceptors (Lipinski definition) is 3. The predicted molar refractivity (Wildman–Crippen MR) is 98.1 cm³/mol. The van der Waals surface area contributed by atoms with Crippen LogP contribution in [0, 0.1) is 6.92 Å². The van der Waals surface area contributed by atoms with Crippen molar-refractivity contribution in [1.82, 2.24) is 9.97 Å². The van der Waals surface area contributed by atoms with Crippen molar-refractivity contribution in [2.45, 2.75) is 13.3 Å². The lowest BCUT2D eigenvalue weighted by Gasteiger charge is -2.08. The van der Waals surface area contributed by atoms with Crippen LogP contribution < -0.4 is 0 Å². The summed E-state index contributed by atoms with van der Waals surface area (Å²) in [4.78, 5) is 14.1. The van der Waals surface area contributed by atoms with Gasteiger partial charge >= 0.3 is 0 Å². The summed E-state index contributed by atoms with van der Waals surface area (Å²) < 4.78 is 0. The predicted octanol–water partition coefficient (Wildman–Crippen LogP) is 4.77. The lowest BCUT2D eigenvalue weighted by atomic mass is 9.97. The van der Waals surface area contributed by atoms with Crippen LogP contribution in [0.15, 0.2) is 65.9 Å². The number of aromatic nitrogens is 2. The Labute approximate surface area is 139 Å². The molecule has 3 heteroatoms. The monoisotopic (exact) mass is 309 g/mol. The first-order valence-electron chi connectivity index (χ1n) is 8.10. The van der Waals surface area contributed by atoms with Crippen molar-refractivity contribution in [1.29, 1.82) is 0 Å². The van der Waals surface area contributed by atoms with Crippen LogP contribution in [0.4, 0.5) is 5.69 Å². The minimum atomic E-state index is 0.839. The quantitative estimate of drug-likeness (QED) is 0.475. The van der Waals surface area contributed by atoms with Crippen LogP contribution in [0.25, 0.3) is 21.8 Å². The molecular formula is C21H15N3. The molecule has 0 saturated heterocycles. The van der Waals surface area contributed by atoms with E-state index in [1.165, 1.54) is 16.7 Å². The van der Waals surface area contributed by atoms with Crippen LogP contribution in [0.1, 0.15) is 16.7 Å². The van der Waals surface area contributed by atoms with Gasteiger partial charge in [0.15, 0.2) is 0 Å². The molecule has 1 aliphatic heterocycles. The molecule has 0 saturated carbocycles. The first kappa shape index (κ1) is 13.4. The van der Waals surface area contributed by atoms with Crippen LogP contribution in [0.3, 0.4) is 0 Å². The van der Waals surface area contributed by atoms with Gasteiger partial charge in [0, 0.05) is 29.6 Å². The third kappa shape index (κ3) is 1.88. The summed E-state index contributed by atoms with van der Waals surface area (Å²) in [5.74, 6) is 0. The molecule has 0 bridgehead atoms.